The lowest BCUT2D eigenvalue weighted by Crippen LogP contribution is -2.32. The number of aromatic nitrogens is 2. The Balaban J connectivity index is 1.34. The van der Waals surface area contributed by atoms with Crippen molar-refractivity contribution in [2.45, 2.75) is 39.3 Å². The van der Waals surface area contributed by atoms with Crippen LogP contribution in [0.15, 0.2) is 72.8 Å². The first-order valence-electron chi connectivity index (χ1n) is 13.0. The fourth-order valence-electron chi connectivity index (χ4n) is 4.34. The highest BCUT2D eigenvalue weighted by Gasteiger charge is 2.18. The predicted octanol–water partition coefficient (Wildman–Crippen LogP) is 6.85. The van der Waals surface area contributed by atoms with Gasteiger partial charge in [-0.05, 0) is 80.8 Å². The summed E-state index contributed by atoms with van der Waals surface area (Å²) in [6, 6.07) is 20.5. The van der Waals surface area contributed by atoms with Gasteiger partial charge in [0.05, 0.1) is 30.8 Å². The summed E-state index contributed by atoms with van der Waals surface area (Å²) in [5, 5.41) is 3.63. The van der Waals surface area contributed by atoms with Crippen molar-refractivity contribution in [3.05, 3.63) is 89.2 Å². The highest BCUT2D eigenvalue weighted by atomic mass is 35.5. The lowest BCUT2D eigenvalue weighted by atomic mass is 10.2. The number of nitrogens with zero attached hydrogens (tertiary/aromatic N) is 2. The molecule has 0 radical (unpaired) electrons. The highest BCUT2D eigenvalue weighted by molar-refractivity contribution is 6.30. The van der Waals surface area contributed by atoms with Gasteiger partial charge in [0.15, 0.2) is 18.1 Å². The number of nitrogens with one attached hydrogen (secondary N) is 1. The minimum absolute atomic E-state index is 0.0945. The molecule has 1 heterocycles. The molecule has 7 nitrogen and oxygen atoms in total. The number of amides is 1. The van der Waals surface area contributed by atoms with E-state index >= 15 is 0 Å². The van der Waals surface area contributed by atoms with Gasteiger partial charge in [-0.3, -0.25) is 4.79 Å². The molecular formula is C31H34ClN3O4. The van der Waals surface area contributed by atoms with Crippen molar-refractivity contribution in [1.82, 2.24) is 14.9 Å². The predicted molar refractivity (Wildman–Crippen MR) is 156 cm³/mol. The maximum absolute atomic E-state index is 12.6. The summed E-state index contributed by atoms with van der Waals surface area (Å²) in [5.41, 5.74) is 3.00. The first-order chi connectivity index (χ1) is 19.0. The summed E-state index contributed by atoms with van der Waals surface area (Å²) >= 11 is 5.91. The lowest BCUT2D eigenvalue weighted by molar-refractivity contribution is -0.123. The van der Waals surface area contributed by atoms with Crippen molar-refractivity contribution in [3.8, 4) is 17.2 Å². The highest BCUT2D eigenvalue weighted by Crippen LogP contribution is 2.29. The van der Waals surface area contributed by atoms with Crippen LogP contribution in [-0.2, 0) is 11.3 Å². The summed E-state index contributed by atoms with van der Waals surface area (Å²) in [7, 11) is 1.65. The Morgan fingerprint density at radius 3 is 2.62 bits per heavy atom. The van der Waals surface area contributed by atoms with Crippen molar-refractivity contribution in [1.29, 1.82) is 0 Å². The van der Waals surface area contributed by atoms with E-state index in [1.54, 1.807) is 31.4 Å². The first-order valence-corrected chi connectivity index (χ1v) is 13.4. The molecule has 1 aromatic heterocycles. The summed E-state index contributed by atoms with van der Waals surface area (Å²) in [4.78, 5) is 17.4. The van der Waals surface area contributed by atoms with Crippen LogP contribution in [0, 0.1) is 0 Å². The van der Waals surface area contributed by atoms with Gasteiger partial charge in [-0.25, -0.2) is 4.98 Å². The average Bonchev–Trinajstić information content (AvgIpc) is 3.32. The number of para-hydroxylation sites is 2. The van der Waals surface area contributed by atoms with Crippen LogP contribution in [0.4, 0.5) is 0 Å². The quantitative estimate of drug-likeness (QED) is 0.185. The van der Waals surface area contributed by atoms with Crippen LogP contribution in [0.1, 0.15) is 44.1 Å². The van der Waals surface area contributed by atoms with Crippen molar-refractivity contribution in [2.75, 3.05) is 20.3 Å². The molecule has 204 valence electrons. The van der Waals surface area contributed by atoms with E-state index in [2.05, 4.69) is 16.0 Å². The summed E-state index contributed by atoms with van der Waals surface area (Å²) in [5.74, 6) is 2.62. The fraction of sp³-hybridized carbons (Fsp3) is 0.290. The number of allylic oxidation sites excluding steroid dienone is 1. The SMILES string of the molecule is C/C=C/c1ccc(OCCCCn2c(C(C)NC(=O)COc3ccc(Cl)cc3)nc3ccccc32)c(OC)c1. The van der Waals surface area contributed by atoms with Gasteiger partial charge in [0.1, 0.15) is 11.6 Å². The minimum atomic E-state index is -0.296. The van der Waals surface area contributed by atoms with Gasteiger partial charge in [0, 0.05) is 11.6 Å². The van der Waals surface area contributed by atoms with Gasteiger partial charge < -0.3 is 24.1 Å². The molecule has 39 heavy (non-hydrogen) atoms. The molecule has 3 aromatic carbocycles. The standard InChI is InChI=1S/C31H34ClN3O4/c1-4-9-23-12-17-28(29(20-23)37-3)38-19-8-7-18-35-27-11-6-5-10-26(27)34-31(35)22(2)33-30(36)21-39-25-15-13-24(32)14-16-25/h4-6,9-17,20,22H,7-8,18-19,21H2,1-3H3,(H,33,36)/b9-4+. The zero-order valence-electron chi connectivity index (χ0n) is 22.5. The Morgan fingerprint density at radius 1 is 1.05 bits per heavy atom. The Kier molecular flexibility index (Phi) is 9.86. The van der Waals surface area contributed by atoms with Gasteiger partial charge in [-0.2, -0.15) is 0 Å². The number of unbranched alkanes of at least 4 members (excludes halogenated alkanes) is 1. The van der Waals surface area contributed by atoms with Gasteiger partial charge in [-0.15, -0.1) is 0 Å². The Bertz CT molecular complexity index is 1420. The molecule has 0 aliphatic heterocycles. The summed E-state index contributed by atoms with van der Waals surface area (Å²) in [6.07, 6.45) is 5.74. The molecule has 1 unspecified atom stereocenters. The number of aryl methyl sites for hydroxylation is 1. The van der Waals surface area contributed by atoms with Crippen LogP contribution in [-0.4, -0.2) is 35.8 Å². The topological polar surface area (TPSA) is 74.6 Å². The Hall–Kier alpha value is -3.97. The molecule has 0 fully saturated rings. The van der Waals surface area contributed by atoms with Crippen molar-refractivity contribution >= 4 is 34.6 Å². The van der Waals surface area contributed by atoms with Crippen LogP contribution >= 0.6 is 11.6 Å². The van der Waals surface area contributed by atoms with Crippen molar-refractivity contribution < 1.29 is 19.0 Å². The average molecular weight is 548 g/mol. The Labute approximate surface area is 234 Å². The maximum Gasteiger partial charge on any atom is 0.258 e. The third-order valence-corrected chi connectivity index (χ3v) is 6.46. The largest absolute Gasteiger partial charge is 0.493 e. The molecule has 0 spiro atoms. The molecule has 1 atom stereocenters. The Morgan fingerprint density at radius 2 is 1.85 bits per heavy atom. The number of fused-ring (bicyclic) bond motifs is 1. The third kappa shape index (κ3) is 7.54. The van der Waals surface area contributed by atoms with E-state index in [1.165, 1.54) is 0 Å². The second kappa shape index (κ2) is 13.7. The van der Waals surface area contributed by atoms with Crippen molar-refractivity contribution in [2.24, 2.45) is 0 Å². The maximum atomic E-state index is 12.6. The van der Waals surface area contributed by atoms with Crippen LogP contribution < -0.4 is 19.5 Å². The summed E-state index contributed by atoms with van der Waals surface area (Å²) < 4.78 is 19.3. The summed E-state index contributed by atoms with van der Waals surface area (Å²) in [6.45, 7) is 5.14. The fourth-order valence-corrected chi connectivity index (χ4v) is 4.47. The number of rotatable bonds is 13. The van der Waals surface area contributed by atoms with E-state index in [0.717, 1.165) is 53.3 Å². The second-order valence-electron chi connectivity index (χ2n) is 9.11. The first kappa shape index (κ1) is 28.0. The van der Waals surface area contributed by atoms with Gasteiger partial charge >= 0.3 is 0 Å². The zero-order valence-corrected chi connectivity index (χ0v) is 23.3. The monoisotopic (exact) mass is 547 g/mol. The van der Waals surface area contributed by atoms with E-state index in [4.69, 9.17) is 30.8 Å². The van der Waals surface area contributed by atoms with E-state index in [1.807, 2.05) is 62.4 Å². The molecule has 0 aliphatic rings. The van der Waals surface area contributed by atoms with Gasteiger partial charge in [0.2, 0.25) is 0 Å². The van der Waals surface area contributed by atoms with Crippen LogP contribution in [0.3, 0.4) is 0 Å². The molecular weight excluding hydrogens is 514 g/mol. The van der Waals surface area contributed by atoms with Crippen LogP contribution in [0.25, 0.3) is 17.1 Å². The van der Waals surface area contributed by atoms with E-state index in [0.29, 0.717) is 17.4 Å². The van der Waals surface area contributed by atoms with E-state index < -0.39 is 0 Å². The normalized spacial score (nSPS) is 12.0. The number of methoxy groups -OCH3 is 1. The lowest BCUT2D eigenvalue weighted by Gasteiger charge is -2.17. The van der Waals surface area contributed by atoms with E-state index in [-0.39, 0.29) is 18.6 Å². The van der Waals surface area contributed by atoms with Crippen LogP contribution in [0.2, 0.25) is 5.02 Å². The molecule has 4 rings (SSSR count). The third-order valence-electron chi connectivity index (χ3n) is 6.21. The molecule has 4 aromatic rings. The molecule has 0 bridgehead atoms. The smallest absolute Gasteiger partial charge is 0.258 e. The van der Waals surface area contributed by atoms with Gasteiger partial charge in [0.25, 0.3) is 5.91 Å². The number of ether oxygens (including phenoxy) is 3. The van der Waals surface area contributed by atoms with Gasteiger partial charge in [-0.1, -0.05) is 42.0 Å². The zero-order chi connectivity index (χ0) is 27.6. The molecule has 0 saturated carbocycles. The minimum Gasteiger partial charge on any atom is -0.493 e. The molecule has 0 saturated heterocycles. The molecule has 1 amide bonds. The number of halogens is 1. The molecule has 1 N–H and O–H groups in total. The number of hydrogen-bond acceptors (Lipinski definition) is 5. The number of hydrogen-bond donors (Lipinski definition) is 1. The molecule has 0 aliphatic carbocycles. The van der Waals surface area contributed by atoms with Crippen molar-refractivity contribution in [3.63, 3.8) is 0 Å². The number of carbonyl (C=O) groups is 1. The van der Waals surface area contributed by atoms with Crippen LogP contribution in [0.5, 0.6) is 17.2 Å². The number of benzene rings is 3. The second-order valence-corrected chi connectivity index (χ2v) is 9.54. The molecule has 8 heteroatoms. The van der Waals surface area contributed by atoms with E-state index in [9.17, 15) is 4.79 Å². The number of imidazole rings is 1. The number of carbonyl (C=O) groups excluding carboxylic acids is 1.